The number of amides is 1. The van der Waals surface area contributed by atoms with Crippen LogP contribution in [0.2, 0.25) is 0 Å². The van der Waals surface area contributed by atoms with Crippen LogP contribution in [0.5, 0.6) is 5.75 Å². The number of carbonyl (C=O) groups is 1. The molecule has 1 aromatic carbocycles. The first-order chi connectivity index (χ1) is 11.8. The molecular weight excluding hydrogens is 306 g/mol. The van der Waals surface area contributed by atoms with E-state index in [2.05, 4.69) is 15.6 Å². The lowest BCUT2D eigenvalue weighted by atomic mass is 10.2. The summed E-state index contributed by atoms with van der Waals surface area (Å²) in [5.74, 6) is 1.34. The second-order valence-corrected chi connectivity index (χ2v) is 5.48. The minimum absolute atomic E-state index is 0.114. The smallest absolute Gasteiger partial charge is 0.253 e. The predicted molar refractivity (Wildman–Crippen MR) is 92.7 cm³/mol. The summed E-state index contributed by atoms with van der Waals surface area (Å²) < 4.78 is 10.9. The molecule has 2 aromatic rings. The molecule has 3 rings (SSSR count). The zero-order chi connectivity index (χ0) is 16.8. The van der Waals surface area contributed by atoms with Crippen LogP contribution in [0, 0.1) is 0 Å². The van der Waals surface area contributed by atoms with Gasteiger partial charge >= 0.3 is 0 Å². The van der Waals surface area contributed by atoms with Gasteiger partial charge in [0.05, 0.1) is 24.2 Å². The summed E-state index contributed by atoms with van der Waals surface area (Å²) in [6.45, 7) is 3.19. The Morgan fingerprint density at radius 1 is 1.33 bits per heavy atom. The molecule has 0 radical (unpaired) electrons. The van der Waals surface area contributed by atoms with Gasteiger partial charge in [-0.1, -0.05) is 12.1 Å². The average Bonchev–Trinajstić information content (AvgIpc) is 3.13. The number of anilines is 3. The number of benzene rings is 1. The van der Waals surface area contributed by atoms with E-state index in [0.29, 0.717) is 24.7 Å². The lowest BCUT2D eigenvalue weighted by molar-refractivity contribution is -0.124. The number of carbonyl (C=O) groups excluding carboxylic acids is 1. The Bertz CT molecular complexity index is 682. The van der Waals surface area contributed by atoms with Crippen LogP contribution in [0.4, 0.5) is 17.2 Å². The van der Waals surface area contributed by atoms with E-state index in [1.807, 2.05) is 43.3 Å². The van der Waals surface area contributed by atoms with Crippen LogP contribution in [0.25, 0.3) is 0 Å². The number of hydrogen-bond acceptors (Lipinski definition) is 5. The molecule has 0 bridgehead atoms. The van der Waals surface area contributed by atoms with Crippen LogP contribution in [-0.2, 0) is 9.53 Å². The SMILES string of the molecule is CCOc1ccccc1Nc1ccc(NC(=O)C2CCCO2)cn1. The molecule has 1 amide bonds. The molecular formula is C18H21N3O3. The van der Waals surface area contributed by atoms with Gasteiger partial charge in [-0.25, -0.2) is 4.98 Å². The minimum atomic E-state index is -0.346. The number of para-hydroxylation sites is 2. The third-order valence-electron chi connectivity index (χ3n) is 3.70. The summed E-state index contributed by atoms with van der Waals surface area (Å²) >= 11 is 0. The number of pyridine rings is 1. The number of rotatable bonds is 6. The van der Waals surface area contributed by atoms with Gasteiger partial charge in [-0.2, -0.15) is 0 Å². The maximum absolute atomic E-state index is 12.0. The van der Waals surface area contributed by atoms with Crippen molar-refractivity contribution in [2.45, 2.75) is 25.9 Å². The van der Waals surface area contributed by atoms with Gasteiger partial charge in [0.2, 0.25) is 0 Å². The zero-order valence-electron chi connectivity index (χ0n) is 13.6. The van der Waals surface area contributed by atoms with Gasteiger partial charge in [-0.15, -0.1) is 0 Å². The van der Waals surface area contributed by atoms with Crippen molar-refractivity contribution < 1.29 is 14.3 Å². The molecule has 2 N–H and O–H groups in total. The molecule has 6 nitrogen and oxygen atoms in total. The van der Waals surface area contributed by atoms with Crippen molar-refractivity contribution in [3.05, 3.63) is 42.6 Å². The van der Waals surface area contributed by atoms with Crippen molar-refractivity contribution in [1.82, 2.24) is 4.98 Å². The average molecular weight is 327 g/mol. The first-order valence-electron chi connectivity index (χ1n) is 8.13. The van der Waals surface area contributed by atoms with Crippen LogP contribution in [0.3, 0.4) is 0 Å². The predicted octanol–water partition coefficient (Wildman–Crippen LogP) is 3.34. The fourth-order valence-corrected chi connectivity index (χ4v) is 2.54. The number of aromatic nitrogens is 1. The first kappa shape index (κ1) is 16.3. The summed E-state index contributed by atoms with van der Waals surface area (Å²) in [4.78, 5) is 16.3. The van der Waals surface area contributed by atoms with E-state index in [-0.39, 0.29) is 12.0 Å². The van der Waals surface area contributed by atoms with Gasteiger partial charge < -0.3 is 20.1 Å². The normalized spacial score (nSPS) is 16.6. The zero-order valence-corrected chi connectivity index (χ0v) is 13.6. The van der Waals surface area contributed by atoms with Crippen molar-refractivity contribution in [2.24, 2.45) is 0 Å². The number of hydrogen-bond donors (Lipinski definition) is 2. The molecule has 0 saturated carbocycles. The van der Waals surface area contributed by atoms with E-state index in [9.17, 15) is 4.79 Å². The maximum atomic E-state index is 12.0. The van der Waals surface area contributed by atoms with Crippen molar-refractivity contribution >= 4 is 23.1 Å². The maximum Gasteiger partial charge on any atom is 0.253 e. The Balaban J connectivity index is 1.63. The molecule has 1 atom stereocenters. The first-order valence-corrected chi connectivity index (χ1v) is 8.13. The topological polar surface area (TPSA) is 72.5 Å². The lowest BCUT2D eigenvalue weighted by Gasteiger charge is -2.13. The quantitative estimate of drug-likeness (QED) is 0.851. The van der Waals surface area contributed by atoms with E-state index in [1.165, 1.54) is 0 Å². The lowest BCUT2D eigenvalue weighted by Crippen LogP contribution is -2.26. The largest absolute Gasteiger partial charge is 0.492 e. The van der Waals surface area contributed by atoms with Gasteiger partial charge in [-0.05, 0) is 44.0 Å². The summed E-state index contributed by atoms with van der Waals surface area (Å²) in [6, 6.07) is 11.3. The van der Waals surface area contributed by atoms with Crippen LogP contribution in [-0.4, -0.2) is 30.2 Å². The third-order valence-corrected chi connectivity index (χ3v) is 3.70. The van der Waals surface area contributed by atoms with Gasteiger partial charge in [0.1, 0.15) is 17.7 Å². The van der Waals surface area contributed by atoms with E-state index in [4.69, 9.17) is 9.47 Å². The van der Waals surface area contributed by atoms with Gasteiger partial charge in [0, 0.05) is 6.61 Å². The summed E-state index contributed by atoms with van der Waals surface area (Å²) in [5, 5.41) is 6.05. The van der Waals surface area contributed by atoms with Crippen molar-refractivity contribution in [3.8, 4) is 5.75 Å². The molecule has 126 valence electrons. The highest BCUT2D eigenvalue weighted by Gasteiger charge is 2.23. The minimum Gasteiger partial charge on any atom is -0.492 e. The van der Waals surface area contributed by atoms with Crippen LogP contribution in [0.15, 0.2) is 42.6 Å². The molecule has 0 spiro atoms. The molecule has 0 aliphatic carbocycles. The third kappa shape index (κ3) is 4.02. The highest BCUT2D eigenvalue weighted by Crippen LogP contribution is 2.27. The molecule has 6 heteroatoms. The highest BCUT2D eigenvalue weighted by molar-refractivity contribution is 5.94. The Morgan fingerprint density at radius 3 is 2.92 bits per heavy atom. The van der Waals surface area contributed by atoms with Crippen molar-refractivity contribution in [1.29, 1.82) is 0 Å². The second-order valence-electron chi connectivity index (χ2n) is 5.48. The molecule has 1 fully saturated rings. The summed E-state index contributed by atoms with van der Waals surface area (Å²) in [7, 11) is 0. The van der Waals surface area contributed by atoms with Crippen LogP contribution in [0.1, 0.15) is 19.8 Å². The molecule has 24 heavy (non-hydrogen) atoms. The van der Waals surface area contributed by atoms with Crippen molar-refractivity contribution in [2.75, 3.05) is 23.8 Å². The van der Waals surface area contributed by atoms with E-state index in [1.54, 1.807) is 6.20 Å². The molecule has 1 aliphatic heterocycles. The fraction of sp³-hybridized carbons (Fsp3) is 0.333. The Labute approximate surface area is 141 Å². The van der Waals surface area contributed by atoms with E-state index >= 15 is 0 Å². The number of ether oxygens (including phenoxy) is 2. The molecule has 1 aliphatic rings. The van der Waals surface area contributed by atoms with Gasteiger partial charge in [0.25, 0.3) is 5.91 Å². The Morgan fingerprint density at radius 2 is 2.21 bits per heavy atom. The molecule has 1 saturated heterocycles. The van der Waals surface area contributed by atoms with E-state index < -0.39 is 0 Å². The monoisotopic (exact) mass is 327 g/mol. The Kier molecular flexibility index (Phi) is 5.28. The number of nitrogens with one attached hydrogen (secondary N) is 2. The second kappa shape index (κ2) is 7.79. The molecule has 2 heterocycles. The highest BCUT2D eigenvalue weighted by atomic mass is 16.5. The van der Waals surface area contributed by atoms with Crippen LogP contribution >= 0.6 is 0 Å². The van der Waals surface area contributed by atoms with Gasteiger partial charge in [0.15, 0.2) is 0 Å². The van der Waals surface area contributed by atoms with Crippen LogP contribution < -0.4 is 15.4 Å². The summed E-state index contributed by atoms with van der Waals surface area (Å²) in [5.41, 5.74) is 1.50. The summed E-state index contributed by atoms with van der Waals surface area (Å²) in [6.07, 6.45) is 2.98. The van der Waals surface area contributed by atoms with Gasteiger partial charge in [-0.3, -0.25) is 4.79 Å². The standard InChI is InChI=1S/C18H21N3O3/c1-2-23-15-7-4-3-6-14(15)21-17-10-9-13(12-19-17)20-18(22)16-8-5-11-24-16/h3-4,6-7,9-10,12,16H,2,5,8,11H2,1H3,(H,19,21)(H,20,22). The molecule has 1 aromatic heterocycles. The van der Waals surface area contributed by atoms with E-state index in [0.717, 1.165) is 24.3 Å². The number of nitrogens with zero attached hydrogens (tertiary/aromatic N) is 1. The molecule has 1 unspecified atom stereocenters. The van der Waals surface area contributed by atoms with Crippen molar-refractivity contribution in [3.63, 3.8) is 0 Å². The Hall–Kier alpha value is -2.60. The fourth-order valence-electron chi connectivity index (χ4n) is 2.54.